The van der Waals surface area contributed by atoms with Crippen LogP contribution in [0.1, 0.15) is 17.0 Å². The molecule has 0 fully saturated rings. The monoisotopic (exact) mass is 360 g/mol. The average molecular weight is 360 g/mol. The van der Waals surface area contributed by atoms with Crippen LogP contribution in [0, 0.1) is 13.8 Å². The van der Waals surface area contributed by atoms with Gasteiger partial charge in [-0.15, -0.1) is 10.2 Å². The van der Waals surface area contributed by atoms with Crippen LogP contribution in [0.15, 0.2) is 22.5 Å². The average Bonchev–Trinajstić information content (AvgIpc) is 2.96. The molecule has 2 aromatic heterocycles. The van der Waals surface area contributed by atoms with Crippen molar-refractivity contribution < 1.29 is 0 Å². The predicted octanol–water partition coefficient (Wildman–Crippen LogP) is 2.54. The lowest BCUT2D eigenvalue weighted by Crippen LogP contribution is -2.05. The number of hydrogen-bond acceptors (Lipinski definition) is 10. The molecule has 3 aromatic rings. The smallest absolute Gasteiger partial charge is 0.225 e. The van der Waals surface area contributed by atoms with Crippen LogP contribution < -0.4 is 16.8 Å². The molecule has 0 radical (unpaired) electrons. The third-order valence-corrected chi connectivity index (χ3v) is 5.17. The van der Waals surface area contributed by atoms with Crippen molar-refractivity contribution in [1.29, 1.82) is 0 Å². The molecule has 0 saturated carbocycles. The molecule has 0 aliphatic rings. The first-order chi connectivity index (χ1) is 11.5. The van der Waals surface area contributed by atoms with Crippen LogP contribution in [0.25, 0.3) is 0 Å². The summed E-state index contributed by atoms with van der Waals surface area (Å²) in [6.45, 7) is 4.16. The Morgan fingerprint density at radius 2 is 1.79 bits per heavy atom. The zero-order valence-electron chi connectivity index (χ0n) is 13.1. The largest absolute Gasteiger partial charge is 0.368 e. The molecule has 2 heterocycles. The number of nitrogens with one attached hydrogen (secondary N) is 1. The van der Waals surface area contributed by atoms with Crippen LogP contribution in [0.5, 0.6) is 0 Å². The highest BCUT2D eigenvalue weighted by Crippen LogP contribution is 2.29. The van der Waals surface area contributed by atoms with E-state index in [4.69, 9.17) is 11.5 Å². The molecule has 24 heavy (non-hydrogen) atoms. The molecule has 0 aliphatic heterocycles. The van der Waals surface area contributed by atoms with E-state index >= 15 is 0 Å². The van der Waals surface area contributed by atoms with Crippen LogP contribution in [0.3, 0.4) is 0 Å². The van der Waals surface area contributed by atoms with Crippen LogP contribution in [0.2, 0.25) is 0 Å². The van der Waals surface area contributed by atoms with Gasteiger partial charge >= 0.3 is 0 Å². The van der Waals surface area contributed by atoms with E-state index in [2.05, 4.69) is 56.4 Å². The van der Waals surface area contributed by atoms with Gasteiger partial charge in [-0.25, -0.2) is 0 Å². The van der Waals surface area contributed by atoms with Crippen molar-refractivity contribution in [2.24, 2.45) is 0 Å². The third kappa shape index (κ3) is 4.09. The van der Waals surface area contributed by atoms with Crippen molar-refractivity contribution in [1.82, 2.24) is 25.1 Å². The van der Waals surface area contributed by atoms with Gasteiger partial charge in [0.15, 0.2) is 4.34 Å². The Balaban J connectivity index is 1.63. The molecule has 0 saturated heterocycles. The number of anilines is 4. The molecule has 3 rings (SSSR count). The Kier molecular flexibility index (Phi) is 4.76. The first kappa shape index (κ1) is 16.4. The van der Waals surface area contributed by atoms with E-state index in [1.165, 1.54) is 34.2 Å². The highest BCUT2D eigenvalue weighted by atomic mass is 32.2. The Bertz CT molecular complexity index is 843. The molecule has 8 nitrogen and oxygen atoms in total. The number of nitrogens with two attached hydrogens (primary N) is 2. The first-order valence-electron chi connectivity index (χ1n) is 7.06. The Labute approximate surface area is 147 Å². The summed E-state index contributed by atoms with van der Waals surface area (Å²) in [5.74, 6) is 1.25. The van der Waals surface area contributed by atoms with E-state index in [0.29, 0.717) is 11.6 Å². The van der Waals surface area contributed by atoms with E-state index in [1.54, 1.807) is 0 Å². The lowest BCUT2D eigenvalue weighted by Gasteiger charge is -2.05. The first-order valence-corrected chi connectivity index (χ1v) is 8.86. The predicted molar refractivity (Wildman–Crippen MR) is 97.3 cm³/mol. The summed E-state index contributed by atoms with van der Waals surface area (Å²) >= 11 is 2.93. The Morgan fingerprint density at radius 1 is 1.04 bits per heavy atom. The molecule has 0 aliphatic carbocycles. The molecule has 1 aromatic carbocycles. The van der Waals surface area contributed by atoms with Gasteiger partial charge in [0.25, 0.3) is 0 Å². The molecular formula is C14H16N8S2. The van der Waals surface area contributed by atoms with E-state index in [-0.39, 0.29) is 11.9 Å². The van der Waals surface area contributed by atoms with Gasteiger partial charge in [0.05, 0.1) is 5.75 Å². The Hall–Kier alpha value is -2.46. The maximum absolute atomic E-state index is 5.55. The number of benzene rings is 1. The molecular weight excluding hydrogens is 344 g/mol. The van der Waals surface area contributed by atoms with E-state index < -0.39 is 0 Å². The number of rotatable bonds is 5. The zero-order valence-corrected chi connectivity index (χ0v) is 14.8. The highest BCUT2D eigenvalue weighted by molar-refractivity contribution is 8.00. The van der Waals surface area contributed by atoms with E-state index in [1.807, 2.05) is 6.07 Å². The standard InChI is InChI=1S/C14H16N8S2/c1-7-3-4-9(5-8(7)2)17-13-21-22-14(24-13)23-6-10-18-11(15)20-12(16)19-10/h3-5H,6H2,1-2H3,(H,17,21)(H4,15,16,18,19,20). The summed E-state index contributed by atoms with van der Waals surface area (Å²) in [6.07, 6.45) is 0. The summed E-state index contributed by atoms with van der Waals surface area (Å²) < 4.78 is 0.805. The van der Waals surface area contributed by atoms with E-state index in [9.17, 15) is 0 Å². The molecule has 0 amide bonds. The maximum Gasteiger partial charge on any atom is 0.225 e. The van der Waals surface area contributed by atoms with Gasteiger partial charge in [0.1, 0.15) is 5.82 Å². The minimum Gasteiger partial charge on any atom is -0.368 e. The number of thioether (sulfide) groups is 1. The molecule has 0 bridgehead atoms. The number of hydrogen-bond donors (Lipinski definition) is 3. The molecule has 0 atom stereocenters. The molecule has 124 valence electrons. The summed E-state index contributed by atoms with van der Waals surface area (Å²) in [4.78, 5) is 11.8. The number of aryl methyl sites for hydroxylation is 2. The van der Waals surface area contributed by atoms with E-state index in [0.717, 1.165) is 15.2 Å². The van der Waals surface area contributed by atoms with Crippen molar-refractivity contribution in [3.63, 3.8) is 0 Å². The van der Waals surface area contributed by atoms with Crippen LogP contribution in [0.4, 0.5) is 22.7 Å². The minimum atomic E-state index is 0.118. The molecule has 0 unspecified atom stereocenters. The third-order valence-electron chi connectivity index (χ3n) is 3.21. The van der Waals surface area contributed by atoms with Crippen molar-refractivity contribution >= 4 is 45.8 Å². The second-order valence-corrected chi connectivity index (χ2v) is 7.25. The lowest BCUT2D eigenvalue weighted by molar-refractivity contribution is 0.980. The number of aromatic nitrogens is 5. The second kappa shape index (κ2) is 6.97. The molecule has 0 spiro atoms. The van der Waals surface area contributed by atoms with Gasteiger partial charge in [0, 0.05) is 5.69 Å². The van der Waals surface area contributed by atoms with Crippen molar-refractivity contribution in [2.45, 2.75) is 23.9 Å². The van der Waals surface area contributed by atoms with Crippen LogP contribution >= 0.6 is 23.1 Å². The summed E-state index contributed by atoms with van der Waals surface area (Å²) in [5.41, 5.74) is 14.6. The van der Waals surface area contributed by atoms with Gasteiger partial charge in [-0.05, 0) is 37.1 Å². The quantitative estimate of drug-likeness (QED) is 0.588. The highest BCUT2D eigenvalue weighted by Gasteiger charge is 2.08. The summed E-state index contributed by atoms with van der Waals surface area (Å²) in [6, 6.07) is 6.18. The normalized spacial score (nSPS) is 10.8. The molecule has 10 heteroatoms. The lowest BCUT2D eigenvalue weighted by atomic mass is 10.1. The van der Waals surface area contributed by atoms with Gasteiger partial charge in [-0.3, -0.25) is 0 Å². The maximum atomic E-state index is 5.55. The van der Waals surface area contributed by atoms with Crippen molar-refractivity contribution in [3.8, 4) is 0 Å². The summed E-state index contributed by atoms with van der Waals surface area (Å²) in [5, 5.41) is 12.3. The zero-order chi connectivity index (χ0) is 17.1. The van der Waals surface area contributed by atoms with Crippen LogP contribution in [-0.2, 0) is 5.75 Å². The van der Waals surface area contributed by atoms with Gasteiger partial charge < -0.3 is 16.8 Å². The minimum absolute atomic E-state index is 0.118. The SMILES string of the molecule is Cc1ccc(Nc2nnc(SCc3nc(N)nc(N)n3)s2)cc1C. The van der Waals surface area contributed by atoms with Gasteiger partial charge in [-0.2, -0.15) is 15.0 Å². The van der Waals surface area contributed by atoms with Crippen molar-refractivity contribution in [2.75, 3.05) is 16.8 Å². The van der Waals surface area contributed by atoms with Gasteiger partial charge in [0.2, 0.25) is 17.0 Å². The Morgan fingerprint density at radius 3 is 2.50 bits per heavy atom. The molecule has 5 N–H and O–H groups in total. The fourth-order valence-corrected chi connectivity index (χ4v) is 3.54. The fraction of sp³-hybridized carbons (Fsp3) is 0.214. The summed E-state index contributed by atoms with van der Waals surface area (Å²) in [7, 11) is 0. The fourth-order valence-electron chi connectivity index (χ4n) is 1.91. The number of nitrogens with zero attached hydrogens (tertiary/aromatic N) is 5. The van der Waals surface area contributed by atoms with Gasteiger partial charge in [-0.1, -0.05) is 29.2 Å². The second-order valence-electron chi connectivity index (χ2n) is 5.05. The number of nitrogen functional groups attached to an aromatic ring is 2. The van der Waals surface area contributed by atoms with Crippen molar-refractivity contribution in [3.05, 3.63) is 35.2 Å². The van der Waals surface area contributed by atoms with Crippen LogP contribution in [-0.4, -0.2) is 25.1 Å². The topological polar surface area (TPSA) is 129 Å².